The third-order valence-electron chi connectivity index (χ3n) is 3.02. The van der Waals surface area contributed by atoms with Crippen LogP contribution in [0.25, 0.3) is 22.5 Å². The molecule has 0 radical (unpaired) electrons. The molecule has 106 valence electrons. The second kappa shape index (κ2) is 5.12. The summed E-state index contributed by atoms with van der Waals surface area (Å²) < 4.78 is 10.4. The molecule has 0 unspecified atom stereocenters. The van der Waals surface area contributed by atoms with Gasteiger partial charge in [-0.25, -0.2) is 5.10 Å². The number of nitrogens with one attached hydrogen (secondary N) is 1. The number of aromatic nitrogens is 3. The van der Waals surface area contributed by atoms with Crippen LogP contribution in [0.3, 0.4) is 0 Å². The van der Waals surface area contributed by atoms with E-state index in [4.69, 9.17) is 15.0 Å². The fourth-order valence-corrected chi connectivity index (χ4v) is 2.07. The molecule has 0 bridgehead atoms. The molecule has 0 atom stereocenters. The van der Waals surface area contributed by atoms with Crippen LogP contribution in [0.15, 0.2) is 45.7 Å². The van der Waals surface area contributed by atoms with Crippen molar-refractivity contribution in [3.63, 3.8) is 0 Å². The van der Waals surface area contributed by atoms with Gasteiger partial charge in [0.1, 0.15) is 17.1 Å². The normalized spacial score (nSPS) is 10.5. The zero-order valence-electron chi connectivity index (χ0n) is 11.2. The Morgan fingerprint density at radius 1 is 1.24 bits per heavy atom. The van der Waals surface area contributed by atoms with Gasteiger partial charge in [0.15, 0.2) is 0 Å². The summed E-state index contributed by atoms with van der Waals surface area (Å²) in [6, 6.07) is 10.3. The Labute approximate surface area is 119 Å². The third kappa shape index (κ3) is 2.25. The fourth-order valence-electron chi connectivity index (χ4n) is 2.07. The molecule has 0 amide bonds. The Kier molecular flexibility index (Phi) is 3.15. The molecule has 0 aliphatic rings. The lowest BCUT2D eigenvalue weighted by molar-refractivity contribution is 0.416. The molecule has 21 heavy (non-hydrogen) atoms. The summed E-state index contributed by atoms with van der Waals surface area (Å²) in [6.07, 6.45) is 0. The lowest BCUT2D eigenvalue weighted by atomic mass is 10.0. The van der Waals surface area contributed by atoms with Gasteiger partial charge in [-0.15, -0.1) is 0 Å². The predicted molar refractivity (Wildman–Crippen MR) is 76.8 cm³/mol. The van der Waals surface area contributed by atoms with Gasteiger partial charge in [-0.1, -0.05) is 23.4 Å². The smallest absolute Gasteiger partial charge is 0.264 e. The number of ether oxygens (including phenoxy) is 1. The first-order valence-corrected chi connectivity index (χ1v) is 6.15. The van der Waals surface area contributed by atoms with E-state index in [1.165, 1.54) is 6.07 Å². The first-order chi connectivity index (χ1) is 10.2. The van der Waals surface area contributed by atoms with Crippen molar-refractivity contribution in [2.75, 3.05) is 12.8 Å². The van der Waals surface area contributed by atoms with Crippen molar-refractivity contribution in [3.05, 3.63) is 46.8 Å². The van der Waals surface area contributed by atoms with E-state index in [2.05, 4.69) is 15.4 Å². The minimum atomic E-state index is -0.297. The largest absolute Gasteiger partial charge is 0.496 e. The SMILES string of the molecule is COc1ccccc1-c1c(-c2ccc(=O)[nH]n2)noc1N. The van der Waals surface area contributed by atoms with Gasteiger partial charge >= 0.3 is 0 Å². The maximum absolute atomic E-state index is 11.1. The number of hydrogen-bond donors (Lipinski definition) is 2. The van der Waals surface area contributed by atoms with Gasteiger partial charge in [-0.3, -0.25) is 4.79 Å². The molecule has 1 aromatic carbocycles. The second-order valence-corrected chi connectivity index (χ2v) is 4.28. The molecule has 2 aromatic heterocycles. The van der Waals surface area contributed by atoms with Crippen molar-refractivity contribution in [3.8, 4) is 28.3 Å². The van der Waals surface area contributed by atoms with E-state index in [1.54, 1.807) is 13.2 Å². The van der Waals surface area contributed by atoms with Crippen LogP contribution in [0.5, 0.6) is 5.75 Å². The number of H-pyrrole nitrogens is 1. The third-order valence-corrected chi connectivity index (χ3v) is 3.02. The van der Waals surface area contributed by atoms with E-state index in [-0.39, 0.29) is 11.4 Å². The predicted octanol–water partition coefficient (Wildman–Crippen LogP) is 1.68. The van der Waals surface area contributed by atoms with Crippen molar-refractivity contribution in [1.82, 2.24) is 15.4 Å². The van der Waals surface area contributed by atoms with Crippen LogP contribution in [0, 0.1) is 0 Å². The number of benzene rings is 1. The van der Waals surface area contributed by atoms with Gasteiger partial charge in [-0.05, 0) is 12.1 Å². The van der Waals surface area contributed by atoms with Crippen LogP contribution in [0.1, 0.15) is 0 Å². The highest BCUT2D eigenvalue weighted by molar-refractivity contribution is 5.88. The number of nitrogens with two attached hydrogens (primary N) is 1. The highest BCUT2D eigenvalue weighted by atomic mass is 16.5. The number of hydrogen-bond acceptors (Lipinski definition) is 6. The molecular weight excluding hydrogens is 272 g/mol. The van der Waals surface area contributed by atoms with Gasteiger partial charge < -0.3 is 15.0 Å². The summed E-state index contributed by atoms with van der Waals surface area (Å²) in [5.74, 6) is 0.792. The van der Waals surface area contributed by atoms with Crippen molar-refractivity contribution in [2.24, 2.45) is 0 Å². The molecule has 3 aromatic rings. The number of rotatable bonds is 3. The number of methoxy groups -OCH3 is 1. The quantitative estimate of drug-likeness (QED) is 0.757. The Balaban J connectivity index is 2.22. The number of nitrogens with zero attached hydrogens (tertiary/aromatic N) is 2. The first kappa shape index (κ1) is 12.9. The van der Waals surface area contributed by atoms with E-state index in [0.29, 0.717) is 22.7 Å². The summed E-state index contributed by atoms with van der Waals surface area (Å²) in [6.45, 7) is 0. The van der Waals surface area contributed by atoms with Gasteiger partial charge in [0.05, 0.1) is 12.7 Å². The van der Waals surface area contributed by atoms with E-state index in [0.717, 1.165) is 5.56 Å². The number of aromatic amines is 1. The van der Waals surface area contributed by atoms with E-state index < -0.39 is 0 Å². The molecule has 0 spiro atoms. The van der Waals surface area contributed by atoms with Crippen LogP contribution in [0.2, 0.25) is 0 Å². The molecule has 3 N–H and O–H groups in total. The number of anilines is 1. The first-order valence-electron chi connectivity index (χ1n) is 6.15. The molecule has 2 heterocycles. The van der Waals surface area contributed by atoms with Crippen molar-refractivity contribution in [1.29, 1.82) is 0 Å². The minimum Gasteiger partial charge on any atom is -0.496 e. The van der Waals surface area contributed by atoms with Crippen molar-refractivity contribution < 1.29 is 9.26 Å². The van der Waals surface area contributed by atoms with Crippen LogP contribution in [-0.4, -0.2) is 22.5 Å². The van der Waals surface area contributed by atoms with E-state index >= 15 is 0 Å². The molecule has 3 rings (SSSR count). The monoisotopic (exact) mass is 284 g/mol. The van der Waals surface area contributed by atoms with Crippen LogP contribution in [-0.2, 0) is 0 Å². The van der Waals surface area contributed by atoms with Gasteiger partial charge in [0.25, 0.3) is 5.56 Å². The summed E-state index contributed by atoms with van der Waals surface area (Å²) >= 11 is 0. The highest BCUT2D eigenvalue weighted by Crippen LogP contribution is 2.39. The average molecular weight is 284 g/mol. The van der Waals surface area contributed by atoms with Crippen molar-refractivity contribution >= 4 is 5.88 Å². The Hall–Kier alpha value is -3.09. The molecule has 0 saturated carbocycles. The minimum absolute atomic E-state index is 0.155. The number of para-hydroxylation sites is 1. The number of nitrogen functional groups attached to an aromatic ring is 1. The topological polar surface area (TPSA) is 107 Å². The molecule has 0 aliphatic heterocycles. The van der Waals surface area contributed by atoms with Crippen LogP contribution < -0.4 is 16.0 Å². The molecule has 0 aliphatic carbocycles. The summed E-state index contributed by atoms with van der Waals surface area (Å²) in [5.41, 5.74) is 7.79. The van der Waals surface area contributed by atoms with Crippen LogP contribution >= 0.6 is 0 Å². The lowest BCUT2D eigenvalue weighted by Crippen LogP contribution is -2.06. The molecule has 7 nitrogen and oxygen atoms in total. The lowest BCUT2D eigenvalue weighted by Gasteiger charge is -2.07. The zero-order chi connectivity index (χ0) is 14.8. The molecular formula is C14H12N4O3. The molecule has 7 heteroatoms. The maximum Gasteiger partial charge on any atom is 0.264 e. The van der Waals surface area contributed by atoms with Gasteiger partial charge in [0, 0.05) is 11.6 Å². The maximum atomic E-state index is 11.1. The Bertz CT molecular complexity index is 818. The van der Waals surface area contributed by atoms with Gasteiger partial charge in [-0.2, -0.15) is 5.10 Å². The standard InChI is InChI=1S/C14H12N4O3/c1-20-10-5-3-2-4-8(10)12-13(18-21-14(12)15)9-6-7-11(19)17-16-9/h2-7H,15H2,1H3,(H,17,19). The summed E-state index contributed by atoms with van der Waals surface area (Å²) in [7, 11) is 1.57. The molecule has 0 saturated heterocycles. The van der Waals surface area contributed by atoms with Gasteiger partial charge in [0.2, 0.25) is 5.88 Å². The van der Waals surface area contributed by atoms with E-state index in [1.807, 2.05) is 24.3 Å². The highest BCUT2D eigenvalue weighted by Gasteiger charge is 2.21. The Morgan fingerprint density at radius 2 is 2.05 bits per heavy atom. The second-order valence-electron chi connectivity index (χ2n) is 4.28. The zero-order valence-corrected chi connectivity index (χ0v) is 11.2. The van der Waals surface area contributed by atoms with Crippen LogP contribution in [0.4, 0.5) is 5.88 Å². The fraction of sp³-hybridized carbons (Fsp3) is 0.0714. The summed E-state index contributed by atoms with van der Waals surface area (Å²) in [5, 5.41) is 10.2. The van der Waals surface area contributed by atoms with Crippen molar-refractivity contribution in [2.45, 2.75) is 0 Å². The average Bonchev–Trinajstić information content (AvgIpc) is 2.89. The Morgan fingerprint density at radius 3 is 2.76 bits per heavy atom. The summed E-state index contributed by atoms with van der Waals surface area (Å²) in [4.78, 5) is 11.1. The van der Waals surface area contributed by atoms with E-state index in [9.17, 15) is 4.79 Å². The molecule has 0 fully saturated rings.